The van der Waals surface area contributed by atoms with Crippen molar-refractivity contribution in [3.05, 3.63) is 65.7 Å². The Labute approximate surface area is 160 Å². The number of amides is 1. The van der Waals surface area contributed by atoms with E-state index in [0.29, 0.717) is 17.5 Å². The molecule has 0 fully saturated rings. The standard InChI is InChI=1S/C19H18F2N4OS/c1-24(11-13-3-7-15(20)8-4-13)17(26)12-27-19-23-22-18(25(19)2)14-5-9-16(21)10-6-14/h3-10H,11-12H2,1-2H3. The molecule has 1 aromatic heterocycles. The summed E-state index contributed by atoms with van der Waals surface area (Å²) in [5, 5.41) is 8.83. The van der Waals surface area contributed by atoms with E-state index in [4.69, 9.17) is 0 Å². The van der Waals surface area contributed by atoms with Gasteiger partial charge in [0.25, 0.3) is 0 Å². The Kier molecular flexibility index (Phi) is 5.85. The van der Waals surface area contributed by atoms with Gasteiger partial charge in [-0.15, -0.1) is 10.2 Å². The third-order valence-electron chi connectivity index (χ3n) is 4.02. The lowest BCUT2D eigenvalue weighted by atomic mass is 10.2. The minimum Gasteiger partial charge on any atom is -0.341 e. The number of benzene rings is 2. The highest BCUT2D eigenvalue weighted by atomic mass is 32.2. The Balaban J connectivity index is 1.60. The minimum atomic E-state index is -0.315. The van der Waals surface area contributed by atoms with E-state index >= 15 is 0 Å². The van der Waals surface area contributed by atoms with Crippen molar-refractivity contribution in [2.24, 2.45) is 7.05 Å². The van der Waals surface area contributed by atoms with E-state index in [2.05, 4.69) is 10.2 Å². The van der Waals surface area contributed by atoms with Gasteiger partial charge in [-0.25, -0.2) is 8.78 Å². The van der Waals surface area contributed by atoms with Gasteiger partial charge in [0.1, 0.15) is 11.6 Å². The fourth-order valence-electron chi connectivity index (χ4n) is 2.48. The first kappa shape index (κ1) is 19.0. The van der Waals surface area contributed by atoms with Crippen LogP contribution in [-0.2, 0) is 18.4 Å². The fraction of sp³-hybridized carbons (Fsp3) is 0.211. The molecule has 0 aliphatic carbocycles. The number of hydrogen-bond acceptors (Lipinski definition) is 4. The van der Waals surface area contributed by atoms with Crippen LogP contribution in [0.15, 0.2) is 53.7 Å². The van der Waals surface area contributed by atoms with Crippen LogP contribution in [0.4, 0.5) is 8.78 Å². The fourth-order valence-corrected chi connectivity index (χ4v) is 3.33. The zero-order valence-electron chi connectivity index (χ0n) is 14.9. The second-order valence-corrected chi connectivity index (χ2v) is 6.98. The molecule has 0 atom stereocenters. The monoisotopic (exact) mass is 388 g/mol. The predicted molar refractivity (Wildman–Crippen MR) is 100.0 cm³/mol. The van der Waals surface area contributed by atoms with Gasteiger partial charge in [-0.05, 0) is 42.0 Å². The molecule has 5 nitrogen and oxygen atoms in total. The van der Waals surface area contributed by atoms with Crippen LogP contribution in [0.3, 0.4) is 0 Å². The highest BCUT2D eigenvalue weighted by Crippen LogP contribution is 2.23. The second-order valence-electron chi connectivity index (χ2n) is 6.04. The lowest BCUT2D eigenvalue weighted by Gasteiger charge is -2.17. The van der Waals surface area contributed by atoms with Gasteiger partial charge in [0.15, 0.2) is 11.0 Å². The number of aromatic nitrogens is 3. The largest absolute Gasteiger partial charge is 0.341 e. The van der Waals surface area contributed by atoms with Crippen LogP contribution in [0.1, 0.15) is 5.56 Å². The summed E-state index contributed by atoms with van der Waals surface area (Å²) in [5.74, 6) is 0.112. The Morgan fingerprint density at radius 1 is 1.04 bits per heavy atom. The van der Waals surface area contributed by atoms with Gasteiger partial charge in [0.05, 0.1) is 5.75 Å². The van der Waals surface area contributed by atoms with Gasteiger partial charge in [0.2, 0.25) is 5.91 Å². The molecule has 0 bridgehead atoms. The first-order chi connectivity index (χ1) is 12.9. The maximum atomic E-state index is 13.1. The molecule has 1 amide bonds. The smallest absolute Gasteiger partial charge is 0.233 e. The van der Waals surface area contributed by atoms with Gasteiger partial charge < -0.3 is 9.47 Å². The van der Waals surface area contributed by atoms with E-state index in [1.165, 1.54) is 36.0 Å². The van der Waals surface area contributed by atoms with Crippen LogP contribution in [0, 0.1) is 11.6 Å². The van der Waals surface area contributed by atoms with Crippen molar-refractivity contribution in [1.29, 1.82) is 0 Å². The van der Waals surface area contributed by atoms with E-state index in [-0.39, 0.29) is 23.3 Å². The molecular formula is C19H18F2N4OS. The molecule has 2 aromatic carbocycles. The number of thioether (sulfide) groups is 1. The van der Waals surface area contributed by atoms with Crippen LogP contribution in [-0.4, -0.2) is 38.4 Å². The minimum absolute atomic E-state index is 0.0735. The maximum absolute atomic E-state index is 13.1. The Bertz CT molecular complexity index is 926. The molecule has 8 heteroatoms. The van der Waals surface area contributed by atoms with Crippen LogP contribution < -0.4 is 0 Å². The molecule has 0 unspecified atom stereocenters. The summed E-state index contributed by atoms with van der Waals surface area (Å²) in [7, 11) is 3.50. The first-order valence-corrected chi connectivity index (χ1v) is 9.19. The van der Waals surface area contributed by atoms with Gasteiger partial charge in [-0.3, -0.25) is 4.79 Å². The molecule has 0 aliphatic rings. The first-order valence-electron chi connectivity index (χ1n) is 8.20. The average molecular weight is 388 g/mol. The number of nitrogens with zero attached hydrogens (tertiary/aromatic N) is 4. The van der Waals surface area contributed by atoms with E-state index in [1.54, 1.807) is 47.8 Å². The van der Waals surface area contributed by atoms with Crippen LogP contribution in [0.5, 0.6) is 0 Å². The summed E-state index contributed by atoms with van der Waals surface area (Å²) in [6, 6.07) is 12.1. The van der Waals surface area contributed by atoms with Crippen molar-refractivity contribution in [3.63, 3.8) is 0 Å². The summed E-state index contributed by atoms with van der Waals surface area (Å²) >= 11 is 1.28. The SMILES string of the molecule is CN(Cc1ccc(F)cc1)C(=O)CSc1nnc(-c2ccc(F)cc2)n1C. The van der Waals surface area contributed by atoms with E-state index in [1.807, 2.05) is 0 Å². The molecule has 0 aliphatic heterocycles. The number of hydrogen-bond donors (Lipinski definition) is 0. The van der Waals surface area contributed by atoms with Crippen LogP contribution in [0.2, 0.25) is 0 Å². The highest BCUT2D eigenvalue weighted by Gasteiger charge is 2.15. The zero-order chi connectivity index (χ0) is 19.4. The third kappa shape index (κ3) is 4.71. The molecule has 0 N–H and O–H groups in total. The number of halogens is 2. The summed E-state index contributed by atoms with van der Waals surface area (Å²) in [6.45, 7) is 0.402. The quantitative estimate of drug-likeness (QED) is 0.607. The molecule has 0 saturated carbocycles. The predicted octanol–water partition coefficient (Wildman–Crippen LogP) is 3.51. The van der Waals surface area contributed by atoms with Gasteiger partial charge in [0, 0.05) is 26.2 Å². The molecule has 3 aromatic rings. The highest BCUT2D eigenvalue weighted by molar-refractivity contribution is 7.99. The average Bonchev–Trinajstić information content (AvgIpc) is 3.03. The van der Waals surface area contributed by atoms with E-state index in [9.17, 15) is 13.6 Å². The Hall–Kier alpha value is -2.74. The molecule has 0 saturated heterocycles. The van der Waals surface area contributed by atoms with Crippen molar-refractivity contribution in [2.75, 3.05) is 12.8 Å². The van der Waals surface area contributed by atoms with Gasteiger partial charge in [-0.2, -0.15) is 0 Å². The van der Waals surface area contributed by atoms with E-state index in [0.717, 1.165) is 11.1 Å². The second kappa shape index (κ2) is 8.30. The van der Waals surface area contributed by atoms with Crippen molar-refractivity contribution >= 4 is 17.7 Å². The maximum Gasteiger partial charge on any atom is 0.233 e. The molecule has 1 heterocycles. The molecule has 0 spiro atoms. The number of carbonyl (C=O) groups excluding carboxylic acids is 1. The lowest BCUT2D eigenvalue weighted by Crippen LogP contribution is -2.27. The number of rotatable bonds is 6. The lowest BCUT2D eigenvalue weighted by molar-refractivity contribution is -0.127. The topological polar surface area (TPSA) is 51.0 Å². The third-order valence-corrected chi connectivity index (χ3v) is 5.03. The van der Waals surface area contributed by atoms with Crippen molar-refractivity contribution < 1.29 is 13.6 Å². The summed E-state index contributed by atoms with van der Waals surface area (Å²) in [4.78, 5) is 13.9. The van der Waals surface area contributed by atoms with Crippen LogP contribution >= 0.6 is 11.8 Å². The number of carbonyl (C=O) groups is 1. The summed E-state index contributed by atoms with van der Waals surface area (Å²) in [5.41, 5.74) is 1.60. The Morgan fingerprint density at radius 2 is 1.63 bits per heavy atom. The molecule has 3 rings (SSSR count). The van der Waals surface area contributed by atoms with E-state index < -0.39 is 0 Å². The molecule has 0 radical (unpaired) electrons. The van der Waals surface area contributed by atoms with Gasteiger partial charge >= 0.3 is 0 Å². The Morgan fingerprint density at radius 3 is 2.26 bits per heavy atom. The molecular weight excluding hydrogens is 370 g/mol. The summed E-state index contributed by atoms with van der Waals surface area (Å²) < 4.78 is 27.8. The van der Waals surface area contributed by atoms with Gasteiger partial charge in [-0.1, -0.05) is 23.9 Å². The van der Waals surface area contributed by atoms with Crippen molar-refractivity contribution in [1.82, 2.24) is 19.7 Å². The zero-order valence-corrected chi connectivity index (χ0v) is 15.7. The van der Waals surface area contributed by atoms with Crippen molar-refractivity contribution in [2.45, 2.75) is 11.7 Å². The van der Waals surface area contributed by atoms with Crippen LogP contribution in [0.25, 0.3) is 11.4 Å². The molecule has 140 valence electrons. The molecule has 27 heavy (non-hydrogen) atoms. The summed E-state index contributed by atoms with van der Waals surface area (Å²) in [6.07, 6.45) is 0. The normalized spacial score (nSPS) is 10.8. The van der Waals surface area contributed by atoms with Crippen molar-refractivity contribution in [3.8, 4) is 11.4 Å².